The van der Waals surface area contributed by atoms with Crippen LogP contribution in [0.15, 0.2) is 78.5 Å². The maximum absolute atomic E-state index is 3.62. The van der Waals surface area contributed by atoms with Crippen LogP contribution in [-0.4, -0.2) is 0 Å². The summed E-state index contributed by atoms with van der Waals surface area (Å²) in [5, 5.41) is 6.13. The molecule has 0 amide bonds. The third-order valence-corrected chi connectivity index (χ3v) is 5.83. The molecule has 0 saturated heterocycles. The van der Waals surface area contributed by atoms with Crippen LogP contribution in [0.25, 0.3) is 10.8 Å². The van der Waals surface area contributed by atoms with Crippen LogP contribution in [-0.2, 0) is 0 Å². The zero-order chi connectivity index (χ0) is 19.7. The molecule has 2 aromatic rings. The summed E-state index contributed by atoms with van der Waals surface area (Å²) in [5.41, 5.74) is 2.76. The van der Waals surface area contributed by atoms with Gasteiger partial charge in [-0.15, -0.1) is 0 Å². The molecule has 1 atom stereocenters. The predicted octanol–water partition coefficient (Wildman–Crippen LogP) is 7.73. The van der Waals surface area contributed by atoms with Crippen molar-refractivity contribution < 1.29 is 0 Å². The summed E-state index contributed by atoms with van der Waals surface area (Å²) in [4.78, 5) is 0. The minimum atomic E-state index is 0.0129. The van der Waals surface area contributed by atoms with E-state index in [0.29, 0.717) is 5.41 Å². The van der Waals surface area contributed by atoms with Gasteiger partial charge in [-0.25, -0.2) is 0 Å². The van der Waals surface area contributed by atoms with Gasteiger partial charge in [0.1, 0.15) is 0 Å². The lowest BCUT2D eigenvalue weighted by atomic mass is 9.60. The minimum Gasteiger partial charge on any atom is -0.355 e. The van der Waals surface area contributed by atoms with Gasteiger partial charge >= 0.3 is 0 Å². The quantitative estimate of drug-likeness (QED) is 0.589. The summed E-state index contributed by atoms with van der Waals surface area (Å²) in [6.07, 6.45) is 12.5. The topological polar surface area (TPSA) is 12.0 Å². The maximum Gasteiger partial charge on any atom is 0.0463 e. The summed E-state index contributed by atoms with van der Waals surface area (Å²) in [7, 11) is 0. The Balaban J connectivity index is 1.86. The smallest absolute Gasteiger partial charge is 0.0463 e. The first kappa shape index (κ1) is 19.5. The fourth-order valence-corrected chi connectivity index (χ4v) is 4.27. The molecule has 1 heteroatoms. The van der Waals surface area contributed by atoms with Crippen LogP contribution in [0.4, 0.5) is 5.69 Å². The number of anilines is 1. The van der Waals surface area contributed by atoms with Crippen LogP contribution in [0, 0.1) is 16.2 Å². The fraction of sp³-hybridized carbons (Fsp3) is 0.385. The third kappa shape index (κ3) is 4.35. The van der Waals surface area contributed by atoms with Gasteiger partial charge in [-0.2, -0.15) is 0 Å². The summed E-state index contributed by atoms with van der Waals surface area (Å²) >= 11 is 0. The molecule has 0 saturated carbocycles. The van der Waals surface area contributed by atoms with Crippen molar-refractivity contribution in [1.82, 2.24) is 0 Å². The molecule has 0 spiro atoms. The second-order valence-corrected chi connectivity index (χ2v) is 9.87. The molecule has 1 nitrogen and oxygen atoms in total. The Morgan fingerprint density at radius 1 is 0.889 bits per heavy atom. The largest absolute Gasteiger partial charge is 0.355 e. The van der Waals surface area contributed by atoms with Crippen molar-refractivity contribution in [1.29, 1.82) is 0 Å². The normalized spacial score (nSPS) is 20.4. The molecule has 0 bridgehead atoms. The number of allylic oxidation sites excluding steroid dienone is 5. The summed E-state index contributed by atoms with van der Waals surface area (Å²) in [6, 6.07) is 14.9. The zero-order valence-corrected chi connectivity index (χ0v) is 17.6. The van der Waals surface area contributed by atoms with E-state index in [1.54, 1.807) is 0 Å². The van der Waals surface area contributed by atoms with Crippen LogP contribution in [0.2, 0.25) is 0 Å². The second kappa shape index (κ2) is 7.03. The lowest BCUT2D eigenvalue weighted by molar-refractivity contribution is 0.119. The number of hydrogen-bond acceptors (Lipinski definition) is 1. The highest BCUT2D eigenvalue weighted by Crippen LogP contribution is 2.49. The van der Waals surface area contributed by atoms with Gasteiger partial charge in [-0.3, -0.25) is 0 Å². The highest BCUT2D eigenvalue weighted by atomic mass is 14.9. The van der Waals surface area contributed by atoms with Crippen molar-refractivity contribution in [3.63, 3.8) is 0 Å². The lowest BCUT2D eigenvalue weighted by Gasteiger charge is -2.44. The molecule has 0 aliphatic heterocycles. The Kier molecular flexibility index (Phi) is 5.08. The van der Waals surface area contributed by atoms with Crippen molar-refractivity contribution in [2.24, 2.45) is 16.2 Å². The Hall–Kier alpha value is -2.28. The van der Waals surface area contributed by atoms with Gasteiger partial charge in [-0.05, 0) is 40.9 Å². The van der Waals surface area contributed by atoms with Crippen molar-refractivity contribution >= 4 is 16.5 Å². The zero-order valence-electron chi connectivity index (χ0n) is 17.6. The monoisotopic (exact) mass is 359 g/mol. The molecule has 0 aromatic heterocycles. The van der Waals surface area contributed by atoms with Gasteiger partial charge in [0.2, 0.25) is 0 Å². The molecule has 0 heterocycles. The molecule has 2 aromatic carbocycles. The number of fused-ring (bicyclic) bond motifs is 1. The van der Waals surface area contributed by atoms with Crippen molar-refractivity contribution in [3.05, 3.63) is 78.5 Å². The Morgan fingerprint density at radius 2 is 1.59 bits per heavy atom. The SMILES string of the molecule is CC(C)(C)CC(C)(C)C1(C)C=CC=C(Nc2cccc3ccccc23)C=C1. The molecular formula is C26H33N. The minimum absolute atomic E-state index is 0.0129. The molecular weight excluding hydrogens is 326 g/mol. The molecule has 1 aliphatic rings. The van der Waals surface area contributed by atoms with E-state index in [1.165, 1.54) is 10.8 Å². The van der Waals surface area contributed by atoms with E-state index in [2.05, 4.69) is 120 Å². The highest BCUT2D eigenvalue weighted by Gasteiger charge is 2.39. The number of rotatable bonds is 4. The molecule has 1 aliphatic carbocycles. The van der Waals surface area contributed by atoms with E-state index in [1.807, 2.05) is 0 Å². The van der Waals surface area contributed by atoms with Crippen molar-refractivity contribution in [2.75, 3.05) is 5.32 Å². The molecule has 1 unspecified atom stereocenters. The molecule has 3 rings (SSSR count). The van der Waals surface area contributed by atoms with E-state index in [0.717, 1.165) is 17.8 Å². The number of nitrogens with one attached hydrogen (secondary N) is 1. The molecule has 142 valence electrons. The number of benzene rings is 2. The lowest BCUT2D eigenvalue weighted by Crippen LogP contribution is -2.35. The molecule has 0 radical (unpaired) electrons. The predicted molar refractivity (Wildman–Crippen MR) is 120 cm³/mol. The molecule has 0 fully saturated rings. The van der Waals surface area contributed by atoms with E-state index in [4.69, 9.17) is 0 Å². The summed E-state index contributed by atoms with van der Waals surface area (Å²) in [5.74, 6) is 0. The fourth-order valence-electron chi connectivity index (χ4n) is 4.27. The van der Waals surface area contributed by atoms with E-state index < -0.39 is 0 Å². The average Bonchev–Trinajstić information content (AvgIpc) is 2.76. The Bertz CT molecular complexity index is 900. The first-order chi connectivity index (χ1) is 12.6. The van der Waals surface area contributed by atoms with Crippen LogP contribution in [0.5, 0.6) is 0 Å². The standard InChI is InChI=1S/C26H33N/c1-24(2,3)19-25(4,5)26(6)17-10-13-21(16-18-26)27-23-15-9-12-20-11-7-8-14-22(20)23/h7-18,27H,19H2,1-6H3. The van der Waals surface area contributed by atoms with Crippen molar-refractivity contribution in [3.8, 4) is 0 Å². The van der Waals surface area contributed by atoms with Crippen LogP contribution >= 0.6 is 0 Å². The van der Waals surface area contributed by atoms with Gasteiger partial charge < -0.3 is 5.32 Å². The van der Waals surface area contributed by atoms with E-state index >= 15 is 0 Å². The van der Waals surface area contributed by atoms with Gasteiger partial charge in [0.15, 0.2) is 0 Å². The Labute approximate surface area is 164 Å². The van der Waals surface area contributed by atoms with E-state index in [9.17, 15) is 0 Å². The van der Waals surface area contributed by atoms with Gasteiger partial charge in [-0.1, -0.05) is 96.2 Å². The summed E-state index contributed by atoms with van der Waals surface area (Å²) in [6.45, 7) is 14.1. The average molecular weight is 360 g/mol. The van der Waals surface area contributed by atoms with Crippen LogP contribution in [0.3, 0.4) is 0 Å². The first-order valence-electron chi connectivity index (χ1n) is 9.93. The second-order valence-electron chi connectivity index (χ2n) is 9.87. The van der Waals surface area contributed by atoms with Gasteiger partial charge in [0.05, 0.1) is 0 Å². The molecule has 1 N–H and O–H groups in total. The van der Waals surface area contributed by atoms with E-state index in [-0.39, 0.29) is 10.8 Å². The highest BCUT2D eigenvalue weighted by molar-refractivity contribution is 5.94. The van der Waals surface area contributed by atoms with Gasteiger partial charge in [0.25, 0.3) is 0 Å². The maximum atomic E-state index is 3.62. The van der Waals surface area contributed by atoms with Crippen LogP contribution in [0.1, 0.15) is 48.0 Å². The van der Waals surface area contributed by atoms with Gasteiger partial charge in [0, 0.05) is 22.2 Å². The van der Waals surface area contributed by atoms with Crippen molar-refractivity contribution in [2.45, 2.75) is 48.0 Å². The summed E-state index contributed by atoms with van der Waals surface area (Å²) < 4.78 is 0. The Morgan fingerprint density at radius 3 is 2.33 bits per heavy atom. The molecule has 27 heavy (non-hydrogen) atoms. The number of hydrogen-bond donors (Lipinski definition) is 1. The first-order valence-corrected chi connectivity index (χ1v) is 9.93. The third-order valence-electron chi connectivity index (χ3n) is 5.83. The van der Waals surface area contributed by atoms with Crippen LogP contribution < -0.4 is 5.32 Å².